The summed E-state index contributed by atoms with van der Waals surface area (Å²) >= 11 is 0.628. The third kappa shape index (κ3) is 5.20. The number of alkyl halides is 3. The predicted molar refractivity (Wildman–Crippen MR) is 83.9 cm³/mol. The molecule has 5 nitrogen and oxygen atoms in total. The highest BCUT2D eigenvalue weighted by Gasteiger charge is 2.27. The lowest BCUT2D eigenvalue weighted by Crippen LogP contribution is -2.20. The molecular weight excluding hydrogens is 329 g/mol. The van der Waals surface area contributed by atoms with Crippen LogP contribution in [0.1, 0.15) is 11.1 Å². The summed E-state index contributed by atoms with van der Waals surface area (Å²) < 4.78 is 37.1. The van der Waals surface area contributed by atoms with E-state index in [4.69, 9.17) is 0 Å². The molecule has 3 N–H and O–H groups in total. The van der Waals surface area contributed by atoms with Crippen molar-refractivity contribution < 1.29 is 18.0 Å². The largest absolute Gasteiger partial charge is 0.398 e. The number of aromatic amines is 1. The summed E-state index contributed by atoms with van der Waals surface area (Å²) in [7, 11) is 0. The molecule has 0 aliphatic carbocycles. The first kappa shape index (κ1) is 17.2. The monoisotopic (exact) mass is 344 g/mol. The topological polar surface area (TPSA) is 69.8 Å². The second kappa shape index (κ2) is 6.95. The highest BCUT2D eigenvalue weighted by molar-refractivity contribution is 7.99. The second-order valence-electron chi connectivity index (χ2n) is 4.91. The number of halogens is 3. The van der Waals surface area contributed by atoms with E-state index in [9.17, 15) is 18.0 Å². The van der Waals surface area contributed by atoms with E-state index < -0.39 is 18.0 Å². The van der Waals surface area contributed by atoms with Gasteiger partial charge in [0.25, 0.3) is 0 Å². The van der Waals surface area contributed by atoms with Crippen molar-refractivity contribution in [2.45, 2.75) is 24.9 Å². The van der Waals surface area contributed by atoms with Crippen molar-refractivity contribution in [2.75, 3.05) is 16.4 Å². The fourth-order valence-electron chi connectivity index (χ4n) is 1.77. The molecule has 2 rings (SSSR count). The van der Waals surface area contributed by atoms with Gasteiger partial charge in [-0.15, -0.1) is 11.8 Å². The Labute approximate surface area is 135 Å². The van der Waals surface area contributed by atoms with Crippen LogP contribution in [0.2, 0.25) is 0 Å². The first-order valence-electron chi connectivity index (χ1n) is 6.63. The number of aromatic nitrogens is 2. The van der Waals surface area contributed by atoms with Gasteiger partial charge in [0.15, 0.2) is 0 Å². The minimum Gasteiger partial charge on any atom is -0.307 e. The number of hydrogen-bond acceptors (Lipinski definition) is 3. The van der Waals surface area contributed by atoms with Crippen LogP contribution in [0, 0.1) is 13.8 Å². The number of rotatable bonds is 4. The molecule has 0 spiro atoms. The number of carbonyl (C=O) groups excluding carboxylic acids is 1. The van der Waals surface area contributed by atoms with Gasteiger partial charge in [0.1, 0.15) is 5.82 Å². The van der Waals surface area contributed by atoms with Gasteiger partial charge in [-0.05, 0) is 31.5 Å². The number of benzene rings is 1. The van der Waals surface area contributed by atoms with Crippen LogP contribution in [-0.4, -0.2) is 28.2 Å². The Balaban J connectivity index is 2.10. The Morgan fingerprint density at radius 2 is 2.04 bits per heavy atom. The van der Waals surface area contributed by atoms with Crippen molar-refractivity contribution >= 4 is 29.3 Å². The number of aryl methyl sites for hydroxylation is 2. The van der Waals surface area contributed by atoms with Crippen molar-refractivity contribution in [3.05, 3.63) is 35.5 Å². The molecule has 0 radical (unpaired) electrons. The lowest BCUT2D eigenvalue weighted by atomic mass is 10.2. The van der Waals surface area contributed by atoms with Gasteiger partial charge < -0.3 is 5.32 Å². The summed E-state index contributed by atoms with van der Waals surface area (Å²) in [5, 5.41) is 11.5. The van der Waals surface area contributed by atoms with E-state index in [1.807, 2.05) is 0 Å². The number of anilines is 2. The molecule has 2 aromatic rings. The zero-order valence-corrected chi connectivity index (χ0v) is 13.2. The smallest absolute Gasteiger partial charge is 0.307 e. The maximum Gasteiger partial charge on any atom is 0.398 e. The quantitative estimate of drug-likeness (QED) is 0.723. The Morgan fingerprint density at radius 3 is 2.65 bits per heavy atom. The van der Waals surface area contributed by atoms with Crippen LogP contribution in [-0.2, 0) is 0 Å². The number of urea groups is 1. The summed E-state index contributed by atoms with van der Waals surface area (Å²) in [5.74, 6) is -0.592. The van der Waals surface area contributed by atoms with Crippen molar-refractivity contribution in [3.8, 4) is 0 Å². The summed E-state index contributed by atoms with van der Waals surface area (Å²) in [6.07, 6.45) is -2.73. The fourth-order valence-corrected chi connectivity index (χ4v) is 2.52. The second-order valence-corrected chi connectivity index (χ2v) is 5.93. The van der Waals surface area contributed by atoms with Gasteiger partial charge in [0.2, 0.25) is 0 Å². The van der Waals surface area contributed by atoms with Crippen molar-refractivity contribution in [1.82, 2.24) is 10.2 Å². The number of amides is 2. The van der Waals surface area contributed by atoms with E-state index in [-0.39, 0.29) is 0 Å². The molecule has 23 heavy (non-hydrogen) atoms. The summed E-state index contributed by atoms with van der Waals surface area (Å²) in [6, 6.07) is 4.32. The van der Waals surface area contributed by atoms with Gasteiger partial charge >= 0.3 is 12.2 Å². The Morgan fingerprint density at radius 1 is 1.30 bits per heavy atom. The van der Waals surface area contributed by atoms with Crippen LogP contribution in [0.5, 0.6) is 0 Å². The average molecular weight is 344 g/mol. The first-order chi connectivity index (χ1) is 10.7. The third-order valence-corrected chi connectivity index (χ3v) is 3.98. The van der Waals surface area contributed by atoms with E-state index in [0.29, 0.717) is 28.2 Å². The highest BCUT2D eigenvalue weighted by Crippen LogP contribution is 2.33. The van der Waals surface area contributed by atoms with E-state index >= 15 is 0 Å². The predicted octanol–water partition coefficient (Wildman–Crippen LogP) is 4.32. The SMILES string of the molecule is Cc1ccc(SCC(F)(F)F)c(NC(=O)Nc2[nH]ncc2C)c1. The number of hydrogen-bond donors (Lipinski definition) is 3. The van der Waals surface area contributed by atoms with Crippen LogP contribution in [0.3, 0.4) is 0 Å². The number of thioether (sulfide) groups is 1. The molecule has 0 bridgehead atoms. The third-order valence-electron chi connectivity index (χ3n) is 2.84. The Kier molecular flexibility index (Phi) is 5.19. The summed E-state index contributed by atoms with van der Waals surface area (Å²) in [6.45, 7) is 3.55. The van der Waals surface area contributed by atoms with E-state index in [0.717, 1.165) is 11.1 Å². The molecule has 0 atom stereocenters. The molecule has 0 saturated carbocycles. The van der Waals surface area contributed by atoms with Crippen molar-refractivity contribution in [2.24, 2.45) is 0 Å². The van der Waals surface area contributed by atoms with Crippen molar-refractivity contribution in [3.63, 3.8) is 0 Å². The average Bonchev–Trinajstić information content (AvgIpc) is 2.82. The number of nitrogens with one attached hydrogen (secondary N) is 3. The van der Waals surface area contributed by atoms with Crippen LogP contribution in [0.4, 0.5) is 29.5 Å². The minimum absolute atomic E-state index is 0.328. The first-order valence-corrected chi connectivity index (χ1v) is 7.61. The standard InChI is InChI=1S/C14H15F3N4OS/c1-8-3-4-11(23-7-14(15,16)17)10(5-8)19-13(22)20-12-9(2)6-18-21-12/h3-6H,7H2,1-2H3,(H3,18,19,20,21,22). The number of H-pyrrole nitrogens is 1. The van der Waals surface area contributed by atoms with E-state index in [1.54, 1.807) is 38.2 Å². The lowest BCUT2D eigenvalue weighted by molar-refractivity contribution is -0.105. The van der Waals surface area contributed by atoms with Gasteiger partial charge in [0.05, 0.1) is 17.6 Å². The molecule has 124 valence electrons. The maximum absolute atomic E-state index is 12.4. The van der Waals surface area contributed by atoms with E-state index in [2.05, 4.69) is 20.8 Å². The Hall–Kier alpha value is -2.16. The molecule has 9 heteroatoms. The molecule has 0 fully saturated rings. The minimum atomic E-state index is -4.28. The zero-order chi connectivity index (χ0) is 17.0. The van der Waals surface area contributed by atoms with Gasteiger partial charge in [-0.3, -0.25) is 10.4 Å². The normalized spacial score (nSPS) is 11.3. The van der Waals surface area contributed by atoms with Crippen LogP contribution in [0.15, 0.2) is 29.3 Å². The molecule has 0 unspecified atom stereocenters. The maximum atomic E-state index is 12.4. The molecule has 0 aliphatic heterocycles. The van der Waals surface area contributed by atoms with Gasteiger partial charge in [0, 0.05) is 10.5 Å². The number of nitrogens with zero attached hydrogens (tertiary/aromatic N) is 1. The highest BCUT2D eigenvalue weighted by atomic mass is 32.2. The van der Waals surface area contributed by atoms with Gasteiger partial charge in [-0.2, -0.15) is 18.3 Å². The molecule has 0 aliphatic rings. The molecule has 2 amide bonds. The zero-order valence-electron chi connectivity index (χ0n) is 12.4. The molecular formula is C14H15F3N4OS. The van der Waals surface area contributed by atoms with E-state index in [1.165, 1.54) is 0 Å². The Bertz CT molecular complexity index is 700. The van der Waals surface area contributed by atoms with Gasteiger partial charge in [-0.25, -0.2) is 4.79 Å². The molecule has 1 heterocycles. The molecule has 1 aromatic carbocycles. The molecule has 0 saturated heterocycles. The van der Waals surface area contributed by atoms with Crippen molar-refractivity contribution in [1.29, 1.82) is 0 Å². The molecule has 1 aromatic heterocycles. The van der Waals surface area contributed by atoms with Crippen LogP contribution in [0.25, 0.3) is 0 Å². The number of carbonyl (C=O) groups is 1. The van der Waals surface area contributed by atoms with Gasteiger partial charge in [-0.1, -0.05) is 6.07 Å². The van der Waals surface area contributed by atoms with Crippen LogP contribution < -0.4 is 10.6 Å². The lowest BCUT2D eigenvalue weighted by Gasteiger charge is -2.13. The summed E-state index contributed by atoms with van der Waals surface area (Å²) in [5.41, 5.74) is 1.90. The van der Waals surface area contributed by atoms with Crippen LogP contribution >= 0.6 is 11.8 Å². The summed E-state index contributed by atoms with van der Waals surface area (Å²) in [4.78, 5) is 12.3. The fraction of sp³-hybridized carbons (Fsp3) is 0.286.